The van der Waals surface area contributed by atoms with Crippen LogP contribution in [0.3, 0.4) is 0 Å². The summed E-state index contributed by atoms with van der Waals surface area (Å²) in [5.74, 6) is 0. The van der Waals surface area contributed by atoms with Crippen molar-refractivity contribution < 1.29 is 4.79 Å². The summed E-state index contributed by atoms with van der Waals surface area (Å²) in [5, 5.41) is 0.530. The van der Waals surface area contributed by atoms with Crippen LogP contribution >= 0.6 is 35.7 Å². The molecule has 0 saturated carbocycles. The van der Waals surface area contributed by atoms with Gasteiger partial charge in [0.2, 0.25) is 5.12 Å². The average molecular weight is 248 g/mol. The highest BCUT2D eigenvalue weighted by molar-refractivity contribution is 8.37. The van der Waals surface area contributed by atoms with E-state index in [0.717, 1.165) is 0 Å². The molecular formula is C8H12N2OS3. The molecule has 6 heteroatoms. The number of hydrogen-bond donors (Lipinski definition) is 0. The van der Waals surface area contributed by atoms with Crippen LogP contribution in [0.4, 0.5) is 0 Å². The molecule has 0 saturated heterocycles. The van der Waals surface area contributed by atoms with Crippen molar-refractivity contribution in [2.24, 2.45) is 4.99 Å². The predicted octanol–water partition coefficient (Wildman–Crippen LogP) is 1.97. The van der Waals surface area contributed by atoms with E-state index in [-0.39, 0.29) is 9.99 Å². The second-order valence-electron chi connectivity index (χ2n) is 3.52. The van der Waals surface area contributed by atoms with Crippen molar-refractivity contribution in [3.05, 3.63) is 0 Å². The summed E-state index contributed by atoms with van der Waals surface area (Å²) in [7, 11) is 3.71. The summed E-state index contributed by atoms with van der Waals surface area (Å²) < 4.78 is 0.662. The van der Waals surface area contributed by atoms with E-state index in [1.165, 1.54) is 23.5 Å². The second kappa shape index (κ2) is 4.20. The Morgan fingerprint density at radius 2 is 2.14 bits per heavy atom. The molecule has 0 atom stereocenters. The summed E-state index contributed by atoms with van der Waals surface area (Å²) in [5.41, 5.74) is 0. The van der Waals surface area contributed by atoms with Crippen LogP contribution in [0.25, 0.3) is 0 Å². The number of nitrogens with zero attached hydrogens (tertiary/aromatic N) is 2. The molecular weight excluding hydrogens is 236 g/mol. The smallest absolute Gasteiger partial charge is 0.246 e. The third kappa shape index (κ3) is 2.96. The zero-order valence-corrected chi connectivity index (χ0v) is 11.0. The van der Waals surface area contributed by atoms with E-state index in [9.17, 15) is 4.79 Å². The van der Waals surface area contributed by atoms with Crippen LogP contribution in [0.2, 0.25) is 0 Å². The fourth-order valence-corrected chi connectivity index (χ4v) is 2.80. The zero-order valence-electron chi connectivity index (χ0n) is 8.53. The van der Waals surface area contributed by atoms with Gasteiger partial charge in [0.25, 0.3) is 0 Å². The molecule has 0 radical (unpaired) electrons. The lowest BCUT2D eigenvalue weighted by Gasteiger charge is -2.11. The Balaban J connectivity index is 2.71. The molecule has 0 aliphatic carbocycles. The first kappa shape index (κ1) is 12.0. The number of carbonyl (C=O) groups excluding carboxylic acids is 1. The van der Waals surface area contributed by atoms with E-state index in [1.54, 1.807) is 4.90 Å². The Bertz CT molecular complexity index is 310. The molecule has 0 spiro atoms. The fraction of sp³-hybridized carbons (Fsp3) is 0.625. The molecule has 1 aliphatic heterocycles. The third-order valence-electron chi connectivity index (χ3n) is 1.44. The number of thiocarbonyl (C=S) groups is 1. The summed E-state index contributed by atoms with van der Waals surface area (Å²) in [6.07, 6.45) is 0. The van der Waals surface area contributed by atoms with Crippen molar-refractivity contribution in [1.29, 1.82) is 0 Å². The molecule has 78 valence electrons. The van der Waals surface area contributed by atoms with Crippen LogP contribution in [-0.4, -0.2) is 38.3 Å². The van der Waals surface area contributed by atoms with Crippen molar-refractivity contribution in [3.8, 4) is 0 Å². The number of aliphatic imine (C=N–C) groups is 1. The Morgan fingerprint density at radius 3 is 2.50 bits per heavy atom. The van der Waals surface area contributed by atoms with E-state index in [1.807, 2.05) is 27.9 Å². The van der Waals surface area contributed by atoms with Gasteiger partial charge in [0, 0.05) is 14.1 Å². The van der Waals surface area contributed by atoms with Gasteiger partial charge in [0.05, 0.1) is 0 Å². The van der Waals surface area contributed by atoms with Gasteiger partial charge in [-0.05, 0) is 25.6 Å². The third-order valence-corrected chi connectivity index (χ3v) is 4.16. The normalized spacial score (nSPS) is 19.4. The number of rotatable bonds is 0. The molecule has 14 heavy (non-hydrogen) atoms. The van der Waals surface area contributed by atoms with Crippen LogP contribution in [0.15, 0.2) is 4.99 Å². The summed E-state index contributed by atoms with van der Waals surface area (Å²) >= 11 is 7.59. The minimum Gasteiger partial charge on any atom is -0.363 e. The minimum absolute atomic E-state index is 0.0178. The molecule has 0 aromatic carbocycles. The Labute approximate surface area is 97.7 Å². The summed E-state index contributed by atoms with van der Waals surface area (Å²) in [6.45, 7) is 3.84. The molecule has 1 aliphatic rings. The van der Waals surface area contributed by atoms with E-state index < -0.39 is 0 Å². The average Bonchev–Trinajstić information content (AvgIpc) is 2.24. The van der Waals surface area contributed by atoms with Crippen LogP contribution in [-0.2, 0) is 4.79 Å². The second-order valence-corrected chi connectivity index (χ2v) is 6.71. The van der Waals surface area contributed by atoms with Gasteiger partial charge in [-0.15, -0.1) is 0 Å². The van der Waals surface area contributed by atoms with Crippen molar-refractivity contribution >= 4 is 50.2 Å². The molecule has 1 heterocycles. The summed E-state index contributed by atoms with van der Waals surface area (Å²) in [4.78, 5) is 17.2. The minimum atomic E-state index is -0.332. The van der Waals surface area contributed by atoms with E-state index >= 15 is 0 Å². The van der Waals surface area contributed by atoms with Gasteiger partial charge in [-0.25, -0.2) is 0 Å². The first-order chi connectivity index (χ1) is 6.32. The molecule has 0 fully saturated rings. The maximum Gasteiger partial charge on any atom is 0.246 e. The highest BCUT2D eigenvalue weighted by Gasteiger charge is 2.34. The topological polar surface area (TPSA) is 32.7 Å². The first-order valence-electron chi connectivity index (χ1n) is 4.04. The van der Waals surface area contributed by atoms with Gasteiger partial charge in [0.1, 0.15) is 9.19 Å². The van der Waals surface area contributed by atoms with E-state index in [0.29, 0.717) is 9.36 Å². The first-order valence-corrected chi connectivity index (χ1v) is 6.08. The van der Waals surface area contributed by atoms with Crippen molar-refractivity contribution in [3.63, 3.8) is 0 Å². The Morgan fingerprint density at radius 1 is 1.57 bits per heavy atom. The lowest BCUT2D eigenvalue weighted by atomic mass is 10.4. The van der Waals surface area contributed by atoms with Gasteiger partial charge in [-0.2, -0.15) is 0 Å². The highest BCUT2D eigenvalue weighted by atomic mass is 32.2. The molecule has 0 unspecified atom stereocenters. The van der Waals surface area contributed by atoms with Crippen molar-refractivity contribution in [2.45, 2.75) is 18.7 Å². The van der Waals surface area contributed by atoms with Crippen LogP contribution < -0.4 is 0 Å². The molecule has 0 aromatic rings. The van der Waals surface area contributed by atoms with Crippen LogP contribution in [0.1, 0.15) is 13.8 Å². The lowest BCUT2D eigenvalue weighted by Crippen LogP contribution is -2.19. The number of hydrogen-bond acceptors (Lipinski definition) is 5. The standard InChI is InChI=1S/C8H12N2OS3/c1-8(2)9-5(6(11)14-8)13-7(12)10(3)4/h1-4H3. The molecule has 0 bridgehead atoms. The van der Waals surface area contributed by atoms with Gasteiger partial charge < -0.3 is 4.90 Å². The quantitative estimate of drug-likeness (QED) is 0.612. The number of carbonyl (C=O) groups is 1. The maximum absolute atomic E-state index is 11.5. The molecule has 3 nitrogen and oxygen atoms in total. The maximum atomic E-state index is 11.5. The monoisotopic (exact) mass is 248 g/mol. The molecule has 0 aromatic heterocycles. The van der Waals surface area contributed by atoms with Gasteiger partial charge in [-0.1, -0.05) is 24.0 Å². The molecule has 0 amide bonds. The highest BCUT2D eigenvalue weighted by Crippen LogP contribution is 2.36. The molecule has 0 N–H and O–H groups in total. The van der Waals surface area contributed by atoms with Gasteiger partial charge in [-0.3, -0.25) is 9.79 Å². The van der Waals surface area contributed by atoms with Gasteiger partial charge in [0.15, 0.2) is 5.04 Å². The van der Waals surface area contributed by atoms with Crippen molar-refractivity contribution in [1.82, 2.24) is 4.90 Å². The largest absolute Gasteiger partial charge is 0.363 e. The zero-order chi connectivity index (χ0) is 10.9. The van der Waals surface area contributed by atoms with E-state index in [2.05, 4.69) is 4.99 Å². The summed E-state index contributed by atoms with van der Waals surface area (Å²) in [6, 6.07) is 0. The Hall–Kier alpha value is -0.0700. The number of thioether (sulfide) groups is 2. The predicted molar refractivity (Wildman–Crippen MR) is 68.0 cm³/mol. The lowest BCUT2D eigenvalue weighted by molar-refractivity contribution is -0.105. The fourth-order valence-electron chi connectivity index (χ4n) is 0.822. The molecule has 1 rings (SSSR count). The van der Waals surface area contributed by atoms with Crippen LogP contribution in [0, 0.1) is 0 Å². The van der Waals surface area contributed by atoms with Gasteiger partial charge >= 0.3 is 0 Å². The van der Waals surface area contributed by atoms with E-state index in [4.69, 9.17) is 12.2 Å². The SMILES string of the molecule is CN(C)C(=S)SC1=NC(C)(C)SC1=O. The Kier molecular flexibility index (Phi) is 3.60. The van der Waals surface area contributed by atoms with Crippen LogP contribution in [0.5, 0.6) is 0 Å². The van der Waals surface area contributed by atoms with Crippen molar-refractivity contribution in [2.75, 3.05) is 14.1 Å².